The molecule has 0 saturated carbocycles. The first-order valence-electron chi connectivity index (χ1n) is 6.20. The average molecular weight is 376 g/mol. The summed E-state index contributed by atoms with van der Waals surface area (Å²) in [6, 6.07) is 7.62. The van der Waals surface area contributed by atoms with Gasteiger partial charge in [-0.3, -0.25) is 0 Å². The molecule has 2 aromatic rings. The zero-order chi connectivity index (χ0) is 17.2. The predicted molar refractivity (Wildman–Crippen MR) is 85.6 cm³/mol. The van der Waals surface area contributed by atoms with E-state index in [1.807, 2.05) is 0 Å². The van der Waals surface area contributed by atoms with Crippen molar-refractivity contribution in [3.05, 3.63) is 57.6 Å². The number of nitrogens with one attached hydrogen (secondary N) is 1. The van der Waals surface area contributed by atoms with Crippen LogP contribution >= 0.6 is 23.2 Å². The normalized spacial score (nSPS) is 11.4. The topological polar surface area (TPSA) is 104 Å². The van der Waals surface area contributed by atoms with Gasteiger partial charge in [0.25, 0.3) is 0 Å². The van der Waals surface area contributed by atoms with E-state index in [2.05, 4.69) is 4.72 Å². The van der Waals surface area contributed by atoms with Crippen LogP contribution in [0.1, 0.15) is 15.9 Å². The largest absolute Gasteiger partial charge is 0.507 e. The van der Waals surface area contributed by atoms with Crippen molar-refractivity contribution >= 4 is 39.2 Å². The van der Waals surface area contributed by atoms with Crippen molar-refractivity contribution in [2.45, 2.75) is 11.4 Å². The maximum Gasteiger partial charge on any atom is 0.339 e. The first-order chi connectivity index (χ1) is 10.7. The molecule has 122 valence electrons. The monoisotopic (exact) mass is 375 g/mol. The highest BCUT2D eigenvalue weighted by molar-refractivity contribution is 7.89. The molecule has 6 nitrogen and oxygen atoms in total. The molecule has 0 bridgehead atoms. The number of carbonyl (C=O) groups is 1. The molecule has 0 radical (unpaired) electrons. The third-order valence-electron chi connectivity index (χ3n) is 2.98. The Morgan fingerprint density at radius 3 is 2.43 bits per heavy atom. The van der Waals surface area contributed by atoms with Gasteiger partial charge in [-0.15, -0.1) is 0 Å². The Kier molecular flexibility index (Phi) is 5.16. The molecule has 0 heterocycles. The van der Waals surface area contributed by atoms with Gasteiger partial charge in [-0.2, -0.15) is 0 Å². The molecule has 0 saturated heterocycles. The van der Waals surface area contributed by atoms with E-state index in [4.69, 9.17) is 28.3 Å². The van der Waals surface area contributed by atoms with E-state index in [0.29, 0.717) is 15.6 Å². The molecule has 9 heteroatoms. The van der Waals surface area contributed by atoms with Crippen molar-refractivity contribution in [1.82, 2.24) is 4.72 Å². The van der Waals surface area contributed by atoms with E-state index in [1.165, 1.54) is 6.07 Å². The second-order valence-electron chi connectivity index (χ2n) is 4.54. The van der Waals surface area contributed by atoms with E-state index >= 15 is 0 Å². The maximum absolute atomic E-state index is 12.2. The van der Waals surface area contributed by atoms with Crippen molar-refractivity contribution in [2.75, 3.05) is 0 Å². The predicted octanol–water partition coefficient (Wildman–Crippen LogP) is 2.88. The lowest BCUT2D eigenvalue weighted by molar-refractivity contribution is 0.0693. The minimum absolute atomic E-state index is 0.0956. The number of aromatic carboxylic acids is 1. The fraction of sp³-hybridized carbons (Fsp3) is 0.0714. The molecule has 0 amide bonds. The van der Waals surface area contributed by atoms with E-state index in [9.17, 15) is 18.3 Å². The highest BCUT2D eigenvalue weighted by Gasteiger charge is 2.19. The van der Waals surface area contributed by atoms with E-state index in [1.54, 1.807) is 12.1 Å². The summed E-state index contributed by atoms with van der Waals surface area (Å²) < 4.78 is 26.7. The van der Waals surface area contributed by atoms with Crippen molar-refractivity contribution in [1.29, 1.82) is 0 Å². The molecule has 0 aliphatic heterocycles. The molecule has 0 aliphatic rings. The number of halogens is 2. The average Bonchev–Trinajstić information content (AvgIpc) is 2.46. The zero-order valence-electron chi connectivity index (χ0n) is 11.5. The summed E-state index contributed by atoms with van der Waals surface area (Å²) in [7, 11) is -3.97. The minimum atomic E-state index is -3.97. The summed E-state index contributed by atoms with van der Waals surface area (Å²) in [5, 5.41) is 19.1. The molecular weight excluding hydrogens is 365 g/mol. The van der Waals surface area contributed by atoms with Gasteiger partial charge in [-0.25, -0.2) is 17.9 Å². The summed E-state index contributed by atoms with van der Waals surface area (Å²) >= 11 is 11.7. The summed E-state index contributed by atoms with van der Waals surface area (Å²) in [5.74, 6) is -1.95. The van der Waals surface area contributed by atoms with Crippen LogP contribution in [-0.4, -0.2) is 24.6 Å². The first kappa shape index (κ1) is 17.6. The molecule has 2 rings (SSSR count). The molecule has 0 unspecified atom stereocenters. The number of hydrogen-bond acceptors (Lipinski definition) is 4. The molecule has 0 aromatic heterocycles. The van der Waals surface area contributed by atoms with Gasteiger partial charge >= 0.3 is 5.97 Å². The molecule has 0 spiro atoms. The Hall–Kier alpha value is -1.80. The SMILES string of the molecule is O=C(O)c1cc(S(=O)(=O)NCc2ccc(Cl)cc2Cl)ccc1O. The second-order valence-corrected chi connectivity index (χ2v) is 7.15. The van der Waals surface area contributed by atoms with Gasteiger partial charge in [0, 0.05) is 16.6 Å². The molecule has 2 aromatic carbocycles. The number of phenols is 1. The smallest absolute Gasteiger partial charge is 0.339 e. The van der Waals surface area contributed by atoms with Crippen LogP contribution in [0.4, 0.5) is 0 Å². The Labute approximate surface area is 142 Å². The van der Waals surface area contributed by atoms with Gasteiger partial charge in [0.2, 0.25) is 10.0 Å². The van der Waals surface area contributed by atoms with Crippen LogP contribution in [0.5, 0.6) is 5.75 Å². The van der Waals surface area contributed by atoms with Gasteiger partial charge < -0.3 is 10.2 Å². The molecule has 3 N–H and O–H groups in total. The van der Waals surface area contributed by atoms with Crippen LogP contribution in [0.3, 0.4) is 0 Å². The Bertz CT molecular complexity index is 867. The highest BCUT2D eigenvalue weighted by atomic mass is 35.5. The van der Waals surface area contributed by atoms with Crippen molar-refractivity contribution in [3.63, 3.8) is 0 Å². The summed E-state index contributed by atoms with van der Waals surface area (Å²) in [6.45, 7) is -0.0956. The standard InChI is InChI=1S/C14H11Cl2NO5S/c15-9-2-1-8(12(16)5-9)7-17-23(21,22)10-3-4-13(18)11(6-10)14(19)20/h1-6,17-18H,7H2,(H,19,20). The Morgan fingerprint density at radius 1 is 1.13 bits per heavy atom. The first-order valence-corrected chi connectivity index (χ1v) is 8.44. The third-order valence-corrected chi connectivity index (χ3v) is 4.96. The molecule has 23 heavy (non-hydrogen) atoms. The highest BCUT2D eigenvalue weighted by Crippen LogP contribution is 2.23. The van der Waals surface area contributed by atoms with Crippen LogP contribution in [0.25, 0.3) is 0 Å². The maximum atomic E-state index is 12.2. The number of sulfonamides is 1. The lowest BCUT2D eigenvalue weighted by Crippen LogP contribution is -2.23. The van der Waals surface area contributed by atoms with Gasteiger partial charge in [-0.05, 0) is 35.9 Å². The molecule has 0 atom stereocenters. The van der Waals surface area contributed by atoms with Crippen molar-refractivity contribution in [2.24, 2.45) is 0 Å². The van der Waals surface area contributed by atoms with Crippen molar-refractivity contribution in [3.8, 4) is 5.75 Å². The minimum Gasteiger partial charge on any atom is -0.507 e. The Balaban J connectivity index is 2.25. The number of carboxylic acids is 1. The van der Waals surface area contributed by atoms with Crippen LogP contribution in [-0.2, 0) is 16.6 Å². The van der Waals surface area contributed by atoms with Crippen molar-refractivity contribution < 1.29 is 23.4 Å². The number of benzene rings is 2. The van der Waals surface area contributed by atoms with Crippen LogP contribution in [0.2, 0.25) is 10.0 Å². The number of carboxylic acid groups (broad SMARTS) is 1. The van der Waals surface area contributed by atoms with Gasteiger partial charge in [0.15, 0.2) is 0 Å². The fourth-order valence-corrected chi connectivity index (χ4v) is 3.28. The lowest BCUT2D eigenvalue weighted by Gasteiger charge is -2.09. The molecular formula is C14H11Cl2NO5S. The van der Waals surface area contributed by atoms with E-state index in [0.717, 1.165) is 18.2 Å². The summed E-state index contributed by atoms with van der Waals surface area (Å²) in [4.78, 5) is 10.7. The quantitative estimate of drug-likeness (QED) is 0.745. The number of aromatic hydroxyl groups is 1. The van der Waals surface area contributed by atoms with Gasteiger partial charge in [-0.1, -0.05) is 29.3 Å². The van der Waals surface area contributed by atoms with Crippen LogP contribution in [0, 0.1) is 0 Å². The lowest BCUT2D eigenvalue weighted by atomic mass is 10.2. The van der Waals surface area contributed by atoms with Gasteiger partial charge in [0.1, 0.15) is 11.3 Å². The van der Waals surface area contributed by atoms with Gasteiger partial charge in [0.05, 0.1) is 4.90 Å². The summed E-state index contributed by atoms with van der Waals surface area (Å²) in [5.41, 5.74) is 0.00859. The van der Waals surface area contributed by atoms with E-state index in [-0.39, 0.29) is 11.4 Å². The second kappa shape index (κ2) is 6.76. The van der Waals surface area contributed by atoms with Crippen LogP contribution in [0.15, 0.2) is 41.3 Å². The fourth-order valence-electron chi connectivity index (χ4n) is 1.77. The third kappa shape index (κ3) is 4.14. The molecule has 0 fully saturated rings. The molecule has 0 aliphatic carbocycles. The zero-order valence-corrected chi connectivity index (χ0v) is 13.8. The Morgan fingerprint density at radius 2 is 1.83 bits per heavy atom. The number of rotatable bonds is 5. The number of hydrogen-bond donors (Lipinski definition) is 3. The van der Waals surface area contributed by atoms with Crippen LogP contribution < -0.4 is 4.72 Å². The van der Waals surface area contributed by atoms with E-state index < -0.39 is 27.3 Å². The summed E-state index contributed by atoms with van der Waals surface area (Å²) in [6.07, 6.45) is 0.